The predicted octanol–water partition coefficient (Wildman–Crippen LogP) is 8.90. The standard InChI is InChI=1S/C21H20BrF2N2O4P.C5H10.C2H6.CH4O/c1-3-14(2)19-12-25-20(30-19)26(16-7-5-4-6-8-16)13-15-9-10-17(18(22)11-15)21(23,24)31(27,28)29;1-3-5-4-2;2*1-2/h3-12,14H,1,13H2,2H3,(H2,27,28,29);3,5H,4H2,1-2H3;1-2H3;2H,1H3/b;5-3+;;. The van der Waals surface area contributed by atoms with Crippen molar-refractivity contribution in [2.24, 2.45) is 0 Å². The first-order chi connectivity index (χ1) is 19.0. The van der Waals surface area contributed by atoms with Crippen LogP contribution in [0.1, 0.15) is 63.8 Å². The Morgan fingerprint density at radius 3 is 2.23 bits per heavy atom. The molecule has 0 aliphatic carbocycles. The first-order valence-corrected chi connectivity index (χ1v) is 15.1. The SMILES string of the molecule is C/C=C/CC.C=CC(C)c1cnc(N(Cc2ccc(C(F)(F)P(=O)(O)O)c(Br)c2)c2ccccc2)o1.CC.CO. The average molecular weight is 646 g/mol. The summed E-state index contributed by atoms with van der Waals surface area (Å²) in [6.45, 7) is 14.0. The Kier molecular flexibility index (Phi) is 17.5. The van der Waals surface area contributed by atoms with Crippen LogP contribution >= 0.6 is 23.5 Å². The number of allylic oxidation sites excluding steroid dienone is 3. The van der Waals surface area contributed by atoms with Crippen LogP contribution < -0.4 is 4.90 Å². The van der Waals surface area contributed by atoms with Crippen molar-refractivity contribution in [3.63, 3.8) is 0 Å². The monoisotopic (exact) mass is 644 g/mol. The molecule has 0 fully saturated rings. The second-order valence-corrected chi connectivity index (χ2v) is 10.4. The van der Waals surface area contributed by atoms with Crippen molar-refractivity contribution in [2.75, 3.05) is 12.0 Å². The molecule has 1 aromatic heterocycles. The van der Waals surface area contributed by atoms with E-state index in [4.69, 9.17) is 19.3 Å². The molecule has 1 unspecified atom stereocenters. The van der Waals surface area contributed by atoms with Gasteiger partial charge < -0.3 is 19.3 Å². The number of halogens is 3. The lowest BCUT2D eigenvalue weighted by molar-refractivity contribution is 0.0557. The molecule has 0 aliphatic heterocycles. The minimum Gasteiger partial charge on any atom is -0.428 e. The number of aliphatic hydroxyl groups excluding tert-OH is 1. The van der Waals surface area contributed by atoms with Crippen molar-refractivity contribution in [3.05, 3.63) is 101 Å². The number of aliphatic hydroxyl groups is 1. The van der Waals surface area contributed by atoms with E-state index < -0.39 is 18.8 Å². The van der Waals surface area contributed by atoms with E-state index in [0.29, 0.717) is 17.3 Å². The number of hydrogen-bond acceptors (Lipinski definition) is 5. The summed E-state index contributed by atoms with van der Waals surface area (Å²) in [6.07, 6.45) is 8.68. The van der Waals surface area contributed by atoms with Gasteiger partial charge in [-0.05, 0) is 37.1 Å². The van der Waals surface area contributed by atoms with Crippen LogP contribution in [0.4, 0.5) is 20.5 Å². The quantitative estimate of drug-likeness (QED) is 0.158. The van der Waals surface area contributed by atoms with Gasteiger partial charge in [0.15, 0.2) is 0 Å². The van der Waals surface area contributed by atoms with Crippen LogP contribution in [0.15, 0.2) is 88.4 Å². The second kappa shape index (κ2) is 18.7. The third kappa shape index (κ3) is 10.7. The van der Waals surface area contributed by atoms with Crippen molar-refractivity contribution < 1.29 is 32.7 Å². The summed E-state index contributed by atoms with van der Waals surface area (Å²) < 4.78 is 45.2. The molecule has 0 spiro atoms. The summed E-state index contributed by atoms with van der Waals surface area (Å²) in [5.41, 5.74) is -3.73. The number of hydrogen-bond donors (Lipinski definition) is 3. The van der Waals surface area contributed by atoms with Gasteiger partial charge in [-0.25, -0.2) is 4.98 Å². The van der Waals surface area contributed by atoms with E-state index in [2.05, 4.69) is 46.6 Å². The van der Waals surface area contributed by atoms with Crippen LogP contribution in [0.3, 0.4) is 0 Å². The zero-order valence-corrected chi connectivity index (χ0v) is 26.2. The van der Waals surface area contributed by atoms with Gasteiger partial charge in [-0.2, -0.15) is 8.78 Å². The van der Waals surface area contributed by atoms with Gasteiger partial charge >= 0.3 is 19.3 Å². The topological polar surface area (TPSA) is 107 Å². The first-order valence-electron chi connectivity index (χ1n) is 12.6. The fourth-order valence-corrected chi connectivity index (χ4v) is 4.42. The molecule has 0 amide bonds. The molecular weight excluding hydrogens is 605 g/mol. The summed E-state index contributed by atoms with van der Waals surface area (Å²) in [7, 11) is -4.67. The molecule has 1 atom stereocenters. The molecule has 0 saturated carbocycles. The molecule has 2 aromatic carbocycles. The molecule has 40 heavy (non-hydrogen) atoms. The van der Waals surface area contributed by atoms with Gasteiger partial charge in [0.1, 0.15) is 5.76 Å². The van der Waals surface area contributed by atoms with Crippen LogP contribution in [0.25, 0.3) is 0 Å². The minimum absolute atomic E-state index is 0.0396. The maximum Gasteiger partial charge on any atom is 0.399 e. The van der Waals surface area contributed by atoms with Crippen LogP contribution in [-0.2, 0) is 16.8 Å². The van der Waals surface area contributed by atoms with E-state index in [1.54, 1.807) is 17.2 Å². The Morgan fingerprint density at radius 1 is 1.18 bits per heavy atom. The molecular formula is C29H40BrF2N2O5P. The maximum absolute atomic E-state index is 14.1. The normalized spacial score (nSPS) is 11.7. The second-order valence-electron chi connectivity index (χ2n) is 7.87. The van der Waals surface area contributed by atoms with Gasteiger partial charge in [0.25, 0.3) is 0 Å². The lowest BCUT2D eigenvalue weighted by atomic mass is 10.1. The van der Waals surface area contributed by atoms with E-state index in [9.17, 15) is 13.3 Å². The smallest absolute Gasteiger partial charge is 0.399 e. The third-order valence-electron chi connectivity index (χ3n) is 5.15. The Morgan fingerprint density at radius 2 is 1.77 bits per heavy atom. The lowest BCUT2D eigenvalue weighted by Crippen LogP contribution is -2.18. The summed E-state index contributed by atoms with van der Waals surface area (Å²) in [6, 6.07) is 13.4. The van der Waals surface area contributed by atoms with E-state index >= 15 is 0 Å². The van der Waals surface area contributed by atoms with Crippen LogP contribution in [0, 0.1) is 0 Å². The van der Waals surface area contributed by atoms with Gasteiger partial charge in [0, 0.05) is 28.8 Å². The number of benzene rings is 2. The number of oxazole rings is 1. The highest BCUT2D eigenvalue weighted by atomic mass is 79.9. The molecule has 3 N–H and O–H groups in total. The highest BCUT2D eigenvalue weighted by Gasteiger charge is 2.51. The third-order valence-corrected chi connectivity index (χ3v) is 6.78. The number of aromatic nitrogens is 1. The zero-order chi connectivity index (χ0) is 30.9. The van der Waals surface area contributed by atoms with Crippen molar-refractivity contribution >= 4 is 35.2 Å². The van der Waals surface area contributed by atoms with E-state index in [0.717, 1.165) is 25.3 Å². The van der Waals surface area contributed by atoms with Crippen LogP contribution in [-0.4, -0.2) is 27.0 Å². The maximum atomic E-state index is 14.1. The number of alkyl halides is 2. The fourth-order valence-electron chi connectivity index (χ4n) is 3.08. The molecule has 0 saturated heterocycles. The molecule has 3 rings (SSSR count). The largest absolute Gasteiger partial charge is 0.428 e. The summed E-state index contributed by atoms with van der Waals surface area (Å²) >= 11 is 3.02. The number of anilines is 2. The Labute approximate surface area is 244 Å². The highest BCUT2D eigenvalue weighted by molar-refractivity contribution is 9.10. The van der Waals surface area contributed by atoms with Gasteiger partial charge in [0.2, 0.25) is 0 Å². The molecule has 1 heterocycles. The highest BCUT2D eigenvalue weighted by Crippen LogP contribution is 2.60. The Hall–Kier alpha value is -2.62. The summed E-state index contributed by atoms with van der Waals surface area (Å²) in [5, 5.41) is 7.00. The lowest BCUT2D eigenvalue weighted by Gasteiger charge is -2.23. The molecule has 3 aromatic rings. The van der Waals surface area contributed by atoms with Crippen LogP contribution in [0.2, 0.25) is 0 Å². The van der Waals surface area contributed by atoms with E-state index in [1.165, 1.54) is 12.1 Å². The van der Waals surface area contributed by atoms with Gasteiger partial charge in [-0.3, -0.25) is 9.46 Å². The van der Waals surface area contributed by atoms with Gasteiger partial charge in [-0.15, -0.1) is 6.58 Å². The fraction of sp³-hybridized carbons (Fsp3) is 0.345. The summed E-state index contributed by atoms with van der Waals surface area (Å²) in [4.78, 5) is 24.1. The predicted molar refractivity (Wildman–Crippen MR) is 162 cm³/mol. The molecule has 0 radical (unpaired) electrons. The van der Waals surface area contributed by atoms with Crippen molar-refractivity contribution in [2.45, 2.75) is 59.2 Å². The van der Waals surface area contributed by atoms with Crippen molar-refractivity contribution in [1.29, 1.82) is 0 Å². The average Bonchev–Trinajstić information content (AvgIpc) is 3.44. The van der Waals surface area contributed by atoms with Gasteiger partial charge in [0.05, 0.1) is 12.7 Å². The number of rotatable bonds is 9. The number of nitrogens with zero attached hydrogens (tertiary/aromatic N) is 2. The minimum atomic E-state index is -5.67. The molecule has 11 heteroatoms. The summed E-state index contributed by atoms with van der Waals surface area (Å²) in [5.74, 6) is 0.589. The Bertz CT molecular complexity index is 1220. The van der Waals surface area contributed by atoms with E-state index in [-0.39, 0.29) is 16.9 Å². The van der Waals surface area contributed by atoms with Crippen molar-refractivity contribution in [1.82, 2.24) is 4.98 Å². The molecule has 222 valence electrons. The van der Waals surface area contributed by atoms with Crippen LogP contribution in [0.5, 0.6) is 0 Å². The first kappa shape index (κ1) is 37.4. The number of para-hydroxylation sites is 1. The van der Waals surface area contributed by atoms with Crippen molar-refractivity contribution in [3.8, 4) is 0 Å². The molecule has 7 nitrogen and oxygen atoms in total. The Balaban J connectivity index is 0.00000150. The van der Waals surface area contributed by atoms with Gasteiger partial charge in [-0.1, -0.05) is 92.2 Å². The van der Waals surface area contributed by atoms with E-state index in [1.807, 2.05) is 58.0 Å². The molecule has 0 aliphatic rings. The zero-order valence-electron chi connectivity index (χ0n) is 23.8. The molecule has 0 bridgehead atoms.